The van der Waals surface area contributed by atoms with Crippen molar-refractivity contribution in [3.63, 3.8) is 0 Å². The van der Waals surface area contributed by atoms with Gasteiger partial charge in [0, 0.05) is 21.7 Å². The third-order valence-electron chi connectivity index (χ3n) is 9.72. The average molecular weight is 586 g/mol. The number of hydrogen-bond acceptors (Lipinski definition) is 3. The molecule has 0 bridgehead atoms. The first kappa shape index (κ1) is 24.1. The van der Waals surface area contributed by atoms with E-state index >= 15 is 0 Å². The van der Waals surface area contributed by atoms with Gasteiger partial charge >= 0.3 is 0 Å². The van der Waals surface area contributed by atoms with Gasteiger partial charge in [0.15, 0.2) is 0 Å². The summed E-state index contributed by atoms with van der Waals surface area (Å²) in [5, 5.41) is 13.1. The van der Waals surface area contributed by atoms with Crippen LogP contribution in [0.15, 0.2) is 140 Å². The van der Waals surface area contributed by atoms with Gasteiger partial charge in [0.1, 0.15) is 11.5 Å². The molecule has 11 rings (SSSR count). The molecule has 4 nitrogen and oxygen atoms in total. The highest BCUT2D eigenvalue weighted by molar-refractivity contribution is 6.36. The van der Waals surface area contributed by atoms with Crippen molar-refractivity contribution in [2.45, 2.75) is 0 Å². The number of nitrogens with zero attached hydrogens (tertiary/aromatic N) is 3. The van der Waals surface area contributed by atoms with Gasteiger partial charge < -0.3 is 4.74 Å². The lowest BCUT2D eigenvalue weighted by molar-refractivity contribution is 0.487. The summed E-state index contributed by atoms with van der Waals surface area (Å²) in [6.07, 6.45) is 0. The Balaban J connectivity index is 1.33. The van der Waals surface area contributed by atoms with Crippen LogP contribution in [0.5, 0.6) is 11.5 Å². The summed E-state index contributed by atoms with van der Waals surface area (Å²) in [6, 6.07) is 49.5. The van der Waals surface area contributed by atoms with E-state index in [0.29, 0.717) is 5.95 Å². The van der Waals surface area contributed by atoms with E-state index in [1.54, 1.807) is 0 Å². The molecule has 1 aliphatic rings. The van der Waals surface area contributed by atoms with E-state index in [2.05, 4.69) is 132 Å². The summed E-state index contributed by atoms with van der Waals surface area (Å²) >= 11 is 0. The lowest BCUT2D eigenvalue weighted by atomic mass is 9.93. The van der Waals surface area contributed by atoms with Gasteiger partial charge in [-0.05, 0) is 68.0 Å². The smallest absolute Gasteiger partial charge is 0.235 e. The Hall–Kier alpha value is -6.26. The Labute approximate surface area is 262 Å². The number of rotatable bonds is 1. The van der Waals surface area contributed by atoms with E-state index in [-0.39, 0.29) is 0 Å². The maximum absolute atomic E-state index is 6.48. The number of ether oxygens (including phenoxy) is 1. The van der Waals surface area contributed by atoms with Gasteiger partial charge in [-0.1, -0.05) is 109 Å². The van der Waals surface area contributed by atoms with Crippen molar-refractivity contribution >= 4 is 75.8 Å². The fraction of sp³-hybridized carbons (Fsp3) is 0. The largest absolute Gasteiger partial charge is 0.456 e. The van der Waals surface area contributed by atoms with E-state index in [1.165, 1.54) is 43.1 Å². The van der Waals surface area contributed by atoms with Gasteiger partial charge in [-0.25, -0.2) is 9.97 Å². The zero-order chi connectivity index (χ0) is 29.9. The highest BCUT2D eigenvalue weighted by Crippen LogP contribution is 2.48. The minimum absolute atomic E-state index is 0.650. The van der Waals surface area contributed by atoms with Crippen LogP contribution in [0.4, 0.5) is 0 Å². The molecule has 0 atom stereocenters. The number of fused-ring (bicyclic) bond motifs is 13. The van der Waals surface area contributed by atoms with Crippen LogP contribution in [0, 0.1) is 0 Å². The number of aromatic nitrogens is 3. The van der Waals surface area contributed by atoms with E-state index in [1.807, 2.05) is 12.1 Å². The van der Waals surface area contributed by atoms with Crippen LogP contribution < -0.4 is 4.74 Å². The quantitative estimate of drug-likeness (QED) is 0.180. The summed E-state index contributed by atoms with van der Waals surface area (Å²) in [5.41, 5.74) is 4.93. The predicted octanol–water partition coefficient (Wildman–Crippen LogP) is 11.1. The molecule has 3 heterocycles. The normalized spacial score (nSPS) is 12.5. The van der Waals surface area contributed by atoms with Crippen LogP contribution in [0.1, 0.15) is 0 Å². The second-order valence-electron chi connectivity index (χ2n) is 12.2. The third kappa shape index (κ3) is 3.07. The van der Waals surface area contributed by atoms with Crippen molar-refractivity contribution in [1.82, 2.24) is 14.5 Å². The summed E-state index contributed by atoms with van der Waals surface area (Å²) in [7, 11) is 0. The van der Waals surface area contributed by atoms with Crippen molar-refractivity contribution < 1.29 is 4.74 Å². The molecule has 2 aromatic heterocycles. The van der Waals surface area contributed by atoms with Gasteiger partial charge in [-0.3, -0.25) is 4.57 Å². The first-order valence-electron chi connectivity index (χ1n) is 15.6. The van der Waals surface area contributed by atoms with Crippen LogP contribution in [-0.2, 0) is 0 Å². The Morgan fingerprint density at radius 2 is 1.17 bits per heavy atom. The molecule has 0 fully saturated rings. The molecule has 4 heteroatoms. The van der Waals surface area contributed by atoms with Crippen LogP contribution in [0.2, 0.25) is 0 Å². The minimum Gasteiger partial charge on any atom is -0.456 e. The molecule has 10 aromatic rings. The van der Waals surface area contributed by atoms with Crippen molar-refractivity contribution in [3.05, 3.63) is 140 Å². The fourth-order valence-electron chi connectivity index (χ4n) is 7.78. The Morgan fingerprint density at radius 1 is 0.457 bits per heavy atom. The molecule has 8 aromatic carbocycles. The van der Waals surface area contributed by atoms with Crippen LogP contribution in [-0.4, -0.2) is 14.5 Å². The van der Waals surface area contributed by atoms with Crippen molar-refractivity contribution in [2.24, 2.45) is 0 Å². The summed E-state index contributed by atoms with van der Waals surface area (Å²) in [5.74, 6) is 2.25. The minimum atomic E-state index is 0.650. The van der Waals surface area contributed by atoms with Crippen molar-refractivity contribution in [2.75, 3.05) is 0 Å². The molecule has 46 heavy (non-hydrogen) atoms. The standard InChI is InChI=1S/C42H23N3O/c1-2-12-26-23-36-32(22-25(26)11-1)40-39-33(17-9-19-35(39)46-36)43-42(44-40)45-34-18-8-7-16-30(34)38-31-21-20-24-10-3-4-13-27(24)37(31)28-14-5-6-15-29(28)41(38)45/h1-23H. The van der Waals surface area contributed by atoms with Gasteiger partial charge in [0.2, 0.25) is 5.95 Å². The van der Waals surface area contributed by atoms with Gasteiger partial charge in [0.25, 0.3) is 0 Å². The van der Waals surface area contributed by atoms with E-state index in [4.69, 9.17) is 14.7 Å². The van der Waals surface area contributed by atoms with Crippen molar-refractivity contribution in [3.8, 4) is 28.7 Å². The molecule has 0 saturated carbocycles. The Bertz CT molecular complexity index is 2960. The topological polar surface area (TPSA) is 39.9 Å². The van der Waals surface area contributed by atoms with Crippen molar-refractivity contribution in [1.29, 1.82) is 0 Å². The molecule has 0 aliphatic carbocycles. The third-order valence-corrected chi connectivity index (χ3v) is 9.72. The van der Waals surface area contributed by atoms with Gasteiger partial charge in [0.05, 0.1) is 27.6 Å². The molecule has 0 saturated heterocycles. The molecule has 0 amide bonds. The molecular formula is C42H23N3O. The zero-order valence-corrected chi connectivity index (χ0v) is 24.5. The predicted molar refractivity (Wildman–Crippen MR) is 189 cm³/mol. The van der Waals surface area contributed by atoms with Gasteiger partial charge in [-0.15, -0.1) is 0 Å². The molecular weight excluding hydrogens is 562 g/mol. The summed E-state index contributed by atoms with van der Waals surface area (Å²) in [4.78, 5) is 10.7. The summed E-state index contributed by atoms with van der Waals surface area (Å²) < 4.78 is 8.76. The molecule has 0 radical (unpaired) electrons. The van der Waals surface area contributed by atoms with Crippen LogP contribution in [0.3, 0.4) is 0 Å². The summed E-state index contributed by atoms with van der Waals surface area (Å²) in [6.45, 7) is 0. The maximum atomic E-state index is 6.48. The first-order chi connectivity index (χ1) is 22.8. The van der Waals surface area contributed by atoms with Gasteiger partial charge in [-0.2, -0.15) is 0 Å². The van der Waals surface area contributed by atoms with E-state index in [0.717, 1.165) is 55.5 Å². The molecule has 0 unspecified atom stereocenters. The Morgan fingerprint density at radius 3 is 2.04 bits per heavy atom. The van der Waals surface area contributed by atoms with E-state index in [9.17, 15) is 0 Å². The lowest BCUT2D eigenvalue weighted by Gasteiger charge is -2.22. The van der Waals surface area contributed by atoms with Crippen LogP contribution in [0.25, 0.3) is 93.0 Å². The Kier molecular flexibility index (Phi) is 4.55. The zero-order valence-electron chi connectivity index (χ0n) is 24.5. The highest BCUT2D eigenvalue weighted by atomic mass is 16.5. The molecule has 0 N–H and O–H groups in total. The molecule has 1 aliphatic heterocycles. The second-order valence-corrected chi connectivity index (χ2v) is 12.2. The maximum Gasteiger partial charge on any atom is 0.235 e. The second kappa shape index (κ2) is 8.68. The molecule has 0 spiro atoms. The monoisotopic (exact) mass is 585 g/mol. The fourth-order valence-corrected chi connectivity index (χ4v) is 7.78. The number of hydrogen-bond donors (Lipinski definition) is 0. The SMILES string of the molecule is c1ccc2cc3c(cc2c1)Oc1cccc2nc(-n4c5ccccc5c5c6ccc7ccccc7c6c6ccccc6c54)nc-3c12. The first-order valence-corrected chi connectivity index (χ1v) is 15.6. The van der Waals surface area contributed by atoms with Crippen LogP contribution >= 0.6 is 0 Å². The lowest BCUT2D eigenvalue weighted by Crippen LogP contribution is -2.07. The molecule has 212 valence electrons. The highest BCUT2D eigenvalue weighted by Gasteiger charge is 2.26. The number of para-hydroxylation sites is 1. The number of benzene rings is 8. The average Bonchev–Trinajstić information content (AvgIpc) is 3.46. The van der Waals surface area contributed by atoms with E-state index < -0.39 is 0 Å².